The average molecular weight is 266 g/mol. The van der Waals surface area contributed by atoms with Gasteiger partial charge in [0.1, 0.15) is 5.75 Å². The molecule has 0 unspecified atom stereocenters. The molecule has 1 N–H and O–H groups in total. The Kier molecular flexibility index (Phi) is 2.99. The Labute approximate surface area is 116 Å². The predicted molar refractivity (Wildman–Crippen MR) is 76.3 cm³/mol. The highest BCUT2D eigenvalue weighted by atomic mass is 16.5. The van der Waals surface area contributed by atoms with Gasteiger partial charge in [0, 0.05) is 11.1 Å². The topological polar surface area (TPSA) is 59.2 Å². The van der Waals surface area contributed by atoms with Crippen LogP contribution in [0.4, 0.5) is 0 Å². The zero-order valence-electron chi connectivity index (χ0n) is 11.3. The monoisotopic (exact) mass is 266 g/mol. The maximum Gasteiger partial charge on any atom is 0.258 e. The molecule has 3 aromatic rings. The van der Waals surface area contributed by atoms with E-state index in [1.165, 1.54) is 0 Å². The molecular formula is C16H14N2O2. The number of phenols is 1. The Balaban J connectivity index is 1.99. The van der Waals surface area contributed by atoms with Crippen LogP contribution in [0.25, 0.3) is 22.8 Å². The van der Waals surface area contributed by atoms with Crippen molar-refractivity contribution in [3.63, 3.8) is 0 Å². The highest BCUT2D eigenvalue weighted by molar-refractivity contribution is 5.61. The van der Waals surface area contributed by atoms with Crippen LogP contribution in [-0.4, -0.2) is 15.2 Å². The molecule has 1 aromatic heterocycles. The van der Waals surface area contributed by atoms with E-state index in [1.54, 1.807) is 12.1 Å². The van der Waals surface area contributed by atoms with Gasteiger partial charge in [0.2, 0.25) is 5.82 Å². The second kappa shape index (κ2) is 4.81. The van der Waals surface area contributed by atoms with Crippen LogP contribution < -0.4 is 0 Å². The van der Waals surface area contributed by atoms with Crippen molar-refractivity contribution in [1.82, 2.24) is 10.1 Å². The summed E-state index contributed by atoms with van der Waals surface area (Å²) in [5.41, 5.74) is 3.65. The highest BCUT2D eigenvalue weighted by Crippen LogP contribution is 2.26. The first-order chi connectivity index (χ1) is 9.63. The van der Waals surface area contributed by atoms with Crippen LogP contribution in [0.15, 0.2) is 47.0 Å². The minimum atomic E-state index is 0.257. The lowest BCUT2D eigenvalue weighted by Gasteiger charge is -1.99. The summed E-state index contributed by atoms with van der Waals surface area (Å²) in [4.78, 5) is 4.40. The summed E-state index contributed by atoms with van der Waals surface area (Å²) in [6, 6.07) is 13.2. The fourth-order valence-electron chi connectivity index (χ4n) is 2.03. The molecule has 0 amide bonds. The van der Waals surface area contributed by atoms with Gasteiger partial charge in [0.25, 0.3) is 5.89 Å². The van der Waals surface area contributed by atoms with Gasteiger partial charge in [0.05, 0.1) is 0 Å². The summed E-state index contributed by atoms with van der Waals surface area (Å²) in [6.45, 7) is 3.85. The molecule has 0 radical (unpaired) electrons. The second-order valence-electron chi connectivity index (χ2n) is 4.79. The zero-order valence-corrected chi connectivity index (χ0v) is 11.3. The third-order valence-corrected chi connectivity index (χ3v) is 3.15. The molecule has 0 fully saturated rings. The molecule has 100 valence electrons. The van der Waals surface area contributed by atoms with Gasteiger partial charge >= 0.3 is 0 Å². The number of phenolic OH excluding ortho intramolecular Hbond substituents is 1. The maximum atomic E-state index is 9.54. The standard InChI is InChI=1S/C16H14N2O2/c1-10-4-3-5-12(8-10)15-17-16(20-18-15)13-6-7-14(19)11(2)9-13/h3-9,19H,1-2H3. The maximum absolute atomic E-state index is 9.54. The second-order valence-corrected chi connectivity index (χ2v) is 4.79. The Morgan fingerprint density at radius 3 is 2.60 bits per heavy atom. The molecule has 0 aliphatic rings. The molecule has 2 aromatic carbocycles. The molecule has 20 heavy (non-hydrogen) atoms. The van der Waals surface area contributed by atoms with Crippen molar-refractivity contribution >= 4 is 0 Å². The van der Waals surface area contributed by atoms with Crippen molar-refractivity contribution in [3.8, 4) is 28.6 Å². The van der Waals surface area contributed by atoms with Crippen LogP contribution in [0.5, 0.6) is 5.75 Å². The Morgan fingerprint density at radius 1 is 1.00 bits per heavy atom. The number of nitrogens with zero attached hydrogens (tertiary/aromatic N) is 2. The number of rotatable bonds is 2. The van der Waals surface area contributed by atoms with Gasteiger partial charge in [-0.05, 0) is 43.7 Å². The number of aromatic nitrogens is 2. The summed E-state index contributed by atoms with van der Waals surface area (Å²) in [7, 11) is 0. The molecule has 3 rings (SSSR count). The summed E-state index contributed by atoms with van der Waals surface area (Å²) in [5.74, 6) is 1.27. The van der Waals surface area contributed by atoms with Crippen molar-refractivity contribution in [2.24, 2.45) is 0 Å². The minimum Gasteiger partial charge on any atom is -0.508 e. The number of aryl methyl sites for hydroxylation is 2. The first-order valence-electron chi connectivity index (χ1n) is 6.34. The van der Waals surface area contributed by atoms with Crippen molar-refractivity contribution < 1.29 is 9.63 Å². The van der Waals surface area contributed by atoms with E-state index in [9.17, 15) is 5.11 Å². The molecular weight excluding hydrogens is 252 g/mol. The van der Waals surface area contributed by atoms with E-state index in [2.05, 4.69) is 10.1 Å². The average Bonchev–Trinajstić information content (AvgIpc) is 2.92. The summed E-state index contributed by atoms with van der Waals surface area (Å²) in [6.07, 6.45) is 0. The largest absolute Gasteiger partial charge is 0.508 e. The molecule has 0 bridgehead atoms. The van der Waals surface area contributed by atoms with E-state index in [-0.39, 0.29) is 5.75 Å². The lowest BCUT2D eigenvalue weighted by molar-refractivity contribution is 0.432. The van der Waals surface area contributed by atoms with E-state index in [0.717, 1.165) is 22.3 Å². The van der Waals surface area contributed by atoms with Gasteiger partial charge in [-0.25, -0.2) is 0 Å². The number of benzene rings is 2. The molecule has 0 spiro atoms. The molecule has 1 heterocycles. The molecule has 0 saturated heterocycles. The molecule has 0 aliphatic carbocycles. The van der Waals surface area contributed by atoms with Gasteiger partial charge in [-0.2, -0.15) is 4.98 Å². The van der Waals surface area contributed by atoms with Crippen LogP contribution in [-0.2, 0) is 0 Å². The third-order valence-electron chi connectivity index (χ3n) is 3.15. The summed E-state index contributed by atoms with van der Waals surface area (Å²) < 4.78 is 5.30. The normalized spacial score (nSPS) is 10.7. The number of hydrogen-bond acceptors (Lipinski definition) is 4. The molecule has 4 heteroatoms. The molecule has 4 nitrogen and oxygen atoms in total. The van der Waals surface area contributed by atoms with Crippen LogP contribution in [0.2, 0.25) is 0 Å². The smallest absolute Gasteiger partial charge is 0.258 e. The SMILES string of the molecule is Cc1cccc(-c2noc(-c3ccc(O)c(C)c3)n2)c1. The Morgan fingerprint density at radius 2 is 1.85 bits per heavy atom. The van der Waals surface area contributed by atoms with Crippen molar-refractivity contribution in [2.75, 3.05) is 0 Å². The van der Waals surface area contributed by atoms with Gasteiger partial charge in [0.15, 0.2) is 0 Å². The van der Waals surface area contributed by atoms with Gasteiger partial charge in [-0.1, -0.05) is 28.9 Å². The van der Waals surface area contributed by atoms with Gasteiger partial charge in [-0.15, -0.1) is 0 Å². The third kappa shape index (κ3) is 2.28. The number of hydrogen-bond donors (Lipinski definition) is 1. The van der Waals surface area contributed by atoms with Crippen molar-refractivity contribution in [1.29, 1.82) is 0 Å². The van der Waals surface area contributed by atoms with E-state index in [4.69, 9.17) is 4.52 Å². The Hall–Kier alpha value is -2.62. The van der Waals surface area contributed by atoms with Gasteiger partial charge in [-0.3, -0.25) is 0 Å². The van der Waals surface area contributed by atoms with Crippen molar-refractivity contribution in [2.45, 2.75) is 13.8 Å². The zero-order chi connectivity index (χ0) is 14.1. The van der Waals surface area contributed by atoms with Gasteiger partial charge < -0.3 is 9.63 Å². The lowest BCUT2D eigenvalue weighted by Crippen LogP contribution is -1.83. The quantitative estimate of drug-likeness (QED) is 0.767. The van der Waals surface area contributed by atoms with E-state index >= 15 is 0 Å². The minimum absolute atomic E-state index is 0.257. The summed E-state index contributed by atoms with van der Waals surface area (Å²) >= 11 is 0. The van der Waals surface area contributed by atoms with Crippen LogP contribution in [0, 0.1) is 13.8 Å². The van der Waals surface area contributed by atoms with E-state index in [1.807, 2.05) is 44.2 Å². The fourth-order valence-corrected chi connectivity index (χ4v) is 2.03. The molecule has 0 aliphatic heterocycles. The van der Waals surface area contributed by atoms with Crippen LogP contribution in [0.3, 0.4) is 0 Å². The lowest BCUT2D eigenvalue weighted by atomic mass is 10.1. The first-order valence-corrected chi connectivity index (χ1v) is 6.34. The fraction of sp³-hybridized carbons (Fsp3) is 0.125. The molecule has 0 atom stereocenters. The first kappa shape index (κ1) is 12.4. The number of aromatic hydroxyl groups is 1. The summed E-state index contributed by atoms with van der Waals surface area (Å²) in [5, 5.41) is 13.5. The predicted octanol–water partition coefficient (Wildman–Crippen LogP) is 3.73. The molecule has 0 saturated carbocycles. The van der Waals surface area contributed by atoms with Crippen molar-refractivity contribution in [3.05, 3.63) is 53.6 Å². The van der Waals surface area contributed by atoms with E-state index < -0.39 is 0 Å². The Bertz CT molecular complexity index is 763. The van der Waals surface area contributed by atoms with Crippen LogP contribution in [0.1, 0.15) is 11.1 Å². The van der Waals surface area contributed by atoms with Crippen LogP contribution >= 0.6 is 0 Å². The highest BCUT2D eigenvalue weighted by Gasteiger charge is 2.11. The van der Waals surface area contributed by atoms with E-state index in [0.29, 0.717) is 11.7 Å².